The average molecular weight is 311 g/mol. The van der Waals surface area contributed by atoms with Gasteiger partial charge in [0.15, 0.2) is 0 Å². The molecule has 22 heavy (non-hydrogen) atoms. The molecule has 0 aromatic heterocycles. The first kappa shape index (κ1) is 14.5. The molecule has 0 fully saturated rings. The Labute approximate surface area is 134 Å². The molecular formula is C19H15ClO2. The molecule has 0 spiro atoms. The fourth-order valence-electron chi connectivity index (χ4n) is 2.06. The van der Waals surface area contributed by atoms with Crippen LogP contribution < -0.4 is 9.47 Å². The molecule has 0 heterocycles. The van der Waals surface area contributed by atoms with Gasteiger partial charge in [-0.05, 0) is 48.0 Å². The molecular weight excluding hydrogens is 296 g/mol. The standard InChI is InChI=1S/C19H15ClO2/c20-19(16-10-4-1-5-11-16,21-17-12-6-2-7-13-17)22-18-14-8-3-9-15-18/h1-15H. The molecule has 2 nitrogen and oxygen atoms in total. The zero-order chi connectivity index (χ0) is 15.3. The molecule has 0 aliphatic carbocycles. The van der Waals surface area contributed by atoms with Crippen LogP contribution in [0.3, 0.4) is 0 Å². The number of halogens is 1. The van der Waals surface area contributed by atoms with Crippen LogP contribution in [0, 0.1) is 0 Å². The molecule has 0 aliphatic heterocycles. The average Bonchev–Trinajstić information content (AvgIpc) is 2.57. The van der Waals surface area contributed by atoms with Crippen molar-refractivity contribution >= 4 is 11.6 Å². The summed E-state index contributed by atoms with van der Waals surface area (Å²) < 4.78 is 11.9. The lowest BCUT2D eigenvalue weighted by Crippen LogP contribution is -2.33. The van der Waals surface area contributed by atoms with Crippen molar-refractivity contribution in [2.45, 2.75) is 5.25 Å². The highest BCUT2D eigenvalue weighted by Gasteiger charge is 2.35. The van der Waals surface area contributed by atoms with Crippen molar-refractivity contribution in [1.29, 1.82) is 0 Å². The summed E-state index contributed by atoms with van der Waals surface area (Å²) in [7, 11) is 0. The van der Waals surface area contributed by atoms with E-state index in [0.29, 0.717) is 11.5 Å². The summed E-state index contributed by atoms with van der Waals surface area (Å²) in [5, 5.41) is -1.43. The van der Waals surface area contributed by atoms with Crippen LogP contribution in [0.1, 0.15) is 5.56 Å². The van der Waals surface area contributed by atoms with Gasteiger partial charge in [0.1, 0.15) is 11.5 Å². The van der Waals surface area contributed by atoms with Crippen LogP contribution in [0.25, 0.3) is 0 Å². The van der Waals surface area contributed by atoms with Gasteiger partial charge in [-0.1, -0.05) is 54.6 Å². The van der Waals surface area contributed by atoms with Gasteiger partial charge in [-0.2, -0.15) is 0 Å². The number of ether oxygens (including phenoxy) is 2. The molecule has 0 amide bonds. The normalized spacial score (nSPS) is 11.0. The minimum absolute atomic E-state index is 0.636. The Morgan fingerprint density at radius 3 is 1.32 bits per heavy atom. The number of hydrogen-bond acceptors (Lipinski definition) is 2. The lowest BCUT2D eigenvalue weighted by atomic mass is 10.2. The van der Waals surface area contributed by atoms with E-state index in [-0.39, 0.29) is 0 Å². The highest BCUT2D eigenvalue weighted by Crippen LogP contribution is 2.34. The molecule has 0 radical (unpaired) electrons. The zero-order valence-corrected chi connectivity index (χ0v) is 12.6. The molecule has 3 aromatic carbocycles. The Balaban J connectivity index is 1.95. The maximum absolute atomic E-state index is 6.69. The Hall–Kier alpha value is -2.45. The monoisotopic (exact) mass is 310 g/mol. The number of alkyl halides is 1. The maximum Gasteiger partial charge on any atom is 0.361 e. The van der Waals surface area contributed by atoms with E-state index < -0.39 is 5.25 Å². The molecule has 0 N–H and O–H groups in total. The number of benzene rings is 3. The van der Waals surface area contributed by atoms with E-state index in [0.717, 1.165) is 5.56 Å². The largest absolute Gasteiger partial charge is 0.436 e. The van der Waals surface area contributed by atoms with E-state index >= 15 is 0 Å². The Morgan fingerprint density at radius 2 is 0.909 bits per heavy atom. The topological polar surface area (TPSA) is 18.5 Å². The molecule has 0 unspecified atom stereocenters. The van der Waals surface area contributed by atoms with Gasteiger partial charge in [0, 0.05) is 0 Å². The quantitative estimate of drug-likeness (QED) is 0.476. The first-order valence-corrected chi connectivity index (χ1v) is 7.37. The van der Waals surface area contributed by atoms with Crippen molar-refractivity contribution < 1.29 is 9.47 Å². The number of para-hydroxylation sites is 2. The van der Waals surface area contributed by atoms with Gasteiger partial charge in [0.25, 0.3) is 0 Å². The summed E-state index contributed by atoms with van der Waals surface area (Å²) in [6, 6.07) is 28.2. The summed E-state index contributed by atoms with van der Waals surface area (Å²) in [5.41, 5.74) is 0.726. The Morgan fingerprint density at radius 1 is 0.545 bits per heavy atom. The summed E-state index contributed by atoms with van der Waals surface area (Å²) in [6.07, 6.45) is 0. The van der Waals surface area contributed by atoms with Crippen LogP contribution in [0.15, 0.2) is 91.0 Å². The van der Waals surface area contributed by atoms with E-state index in [9.17, 15) is 0 Å². The molecule has 0 aliphatic rings. The van der Waals surface area contributed by atoms with Crippen molar-refractivity contribution in [1.82, 2.24) is 0 Å². The fraction of sp³-hybridized carbons (Fsp3) is 0.0526. The molecule has 0 bridgehead atoms. The smallest absolute Gasteiger partial charge is 0.361 e. The van der Waals surface area contributed by atoms with Gasteiger partial charge in [-0.3, -0.25) is 0 Å². The molecule has 110 valence electrons. The first-order chi connectivity index (χ1) is 10.8. The molecule has 3 aromatic rings. The maximum atomic E-state index is 6.69. The van der Waals surface area contributed by atoms with Crippen LogP contribution in [0.2, 0.25) is 0 Å². The SMILES string of the molecule is ClC(Oc1ccccc1)(Oc1ccccc1)c1ccccc1. The Kier molecular flexibility index (Phi) is 4.31. The third kappa shape index (κ3) is 3.41. The van der Waals surface area contributed by atoms with Crippen LogP contribution >= 0.6 is 11.6 Å². The summed E-state index contributed by atoms with van der Waals surface area (Å²) in [6.45, 7) is 0. The van der Waals surface area contributed by atoms with Crippen LogP contribution in [-0.4, -0.2) is 0 Å². The third-order valence-corrected chi connectivity index (χ3v) is 3.48. The minimum atomic E-state index is -1.43. The van der Waals surface area contributed by atoms with Gasteiger partial charge in [0.05, 0.1) is 5.56 Å². The number of rotatable bonds is 5. The second-order valence-electron chi connectivity index (χ2n) is 4.73. The fourth-order valence-corrected chi connectivity index (χ4v) is 2.36. The zero-order valence-electron chi connectivity index (χ0n) is 11.9. The predicted molar refractivity (Wildman–Crippen MR) is 88.1 cm³/mol. The minimum Gasteiger partial charge on any atom is -0.436 e. The summed E-state index contributed by atoms with van der Waals surface area (Å²) in [4.78, 5) is 0. The molecule has 0 atom stereocenters. The predicted octanol–water partition coefficient (Wildman–Crippen LogP) is 5.19. The van der Waals surface area contributed by atoms with Crippen LogP contribution in [0.4, 0.5) is 0 Å². The van der Waals surface area contributed by atoms with Crippen LogP contribution in [-0.2, 0) is 5.25 Å². The van der Waals surface area contributed by atoms with E-state index in [1.807, 2.05) is 91.0 Å². The van der Waals surface area contributed by atoms with Crippen molar-refractivity contribution in [2.75, 3.05) is 0 Å². The van der Waals surface area contributed by atoms with Crippen LogP contribution in [0.5, 0.6) is 11.5 Å². The highest BCUT2D eigenvalue weighted by molar-refractivity contribution is 6.22. The van der Waals surface area contributed by atoms with Gasteiger partial charge in [-0.15, -0.1) is 0 Å². The lowest BCUT2D eigenvalue weighted by Gasteiger charge is -2.29. The molecule has 0 saturated carbocycles. The second-order valence-corrected chi connectivity index (χ2v) is 5.23. The van der Waals surface area contributed by atoms with E-state index in [4.69, 9.17) is 21.1 Å². The van der Waals surface area contributed by atoms with Gasteiger partial charge >= 0.3 is 5.25 Å². The molecule has 3 rings (SSSR count). The summed E-state index contributed by atoms with van der Waals surface area (Å²) >= 11 is 6.69. The number of hydrogen-bond donors (Lipinski definition) is 0. The molecule has 3 heteroatoms. The highest BCUT2D eigenvalue weighted by atomic mass is 35.5. The Bertz CT molecular complexity index is 658. The third-order valence-electron chi connectivity index (χ3n) is 3.10. The second kappa shape index (κ2) is 6.54. The van der Waals surface area contributed by atoms with Crippen molar-refractivity contribution in [3.63, 3.8) is 0 Å². The van der Waals surface area contributed by atoms with E-state index in [1.54, 1.807) is 0 Å². The van der Waals surface area contributed by atoms with Crippen molar-refractivity contribution in [2.24, 2.45) is 0 Å². The van der Waals surface area contributed by atoms with Gasteiger partial charge < -0.3 is 9.47 Å². The van der Waals surface area contributed by atoms with E-state index in [1.165, 1.54) is 0 Å². The lowest BCUT2D eigenvalue weighted by molar-refractivity contribution is -0.0428. The summed E-state index contributed by atoms with van der Waals surface area (Å²) in [5.74, 6) is 1.27. The van der Waals surface area contributed by atoms with Crippen molar-refractivity contribution in [3.05, 3.63) is 96.6 Å². The van der Waals surface area contributed by atoms with Crippen molar-refractivity contribution in [3.8, 4) is 11.5 Å². The molecule has 0 saturated heterocycles. The first-order valence-electron chi connectivity index (χ1n) is 6.99. The van der Waals surface area contributed by atoms with E-state index in [2.05, 4.69) is 0 Å². The van der Waals surface area contributed by atoms with Gasteiger partial charge in [0.2, 0.25) is 0 Å². The van der Waals surface area contributed by atoms with Gasteiger partial charge in [-0.25, -0.2) is 0 Å².